The van der Waals surface area contributed by atoms with Crippen molar-refractivity contribution in [2.24, 2.45) is 0 Å². The van der Waals surface area contributed by atoms with Crippen molar-refractivity contribution in [2.75, 3.05) is 0 Å². The van der Waals surface area contributed by atoms with Gasteiger partial charge in [-0.25, -0.2) is 13.6 Å². The molecule has 2 aromatic rings. The van der Waals surface area contributed by atoms with Crippen molar-refractivity contribution >= 4 is 5.97 Å². The fourth-order valence-corrected chi connectivity index (χ4v) is 3.26. The Hall–Kier alpha value is -2.24. The Labute approximate surface area is 145 Å². The molecule has 4 nitrogen and oxygen atoms in total. The first-order chi connectivity index (χ1) is 11.9. The number of benzene rings is 1. The van der Waals surface area contributed by atoms with Crippen molar-refractivity contribution in [1.82, 2.24) is 9.78 Å². The van der Waals surface area contributed by atoms with E-state index in [1.54, 1.807) is 41.9 Å². The van der Waals surface area contributed by atoms with Crippen LogP contribution in [0.4, 0.5) is 8.78 Å². The van der Waals surface area contributed by atoms with E-state index in [2.05, 4.69) is 12.0 Å². The highest BCUT2D eigenvalue weighted by molar-refractivity contribution is 5.89. The molecule has 0 spiro atoms. The number of aryl methyl sites for hydroxylation is 2. The number of hydrogen-bond acceptors (Lipinski definition) is 3. The molecule has 1 heterocycles. The Morgan fingerprint density at radius 3 is 2.76 bits per heavy atom. The molecule has 134 valence electrons. The predicted molar refractivity (Wildman–Crippen MR) is 89.7 cm³/mol. The summed E-state index contributed by atoms with van der Waals surface area (Å²) in [6.07, 6.45) is 0.240. The molecule has 0 fully saturated rings. The summed E-state index contributed by atoms with van der Waals surface area (Å²) in [5.41, 5.74) is 1.91. The van der Waals surface area contributed by atoms with Crippen molar-refractivity contribution in [3.63, 3.8) is 0 Å². The summed E-state index contributed by atoms with van der Waals surface area (Å²) in [6.45, 7) is 4.46. The van der Waals surface area contributed by atoms with Gasteiger partial charge in [0.1, 0.15) is 0 Å². The average Bonchev–Trinajstić information content (AvgIpc) is 2.92. The summed E-state index contributed by atoms with van der Waals surface area (Å²) >= 11 is 0. The maximum Gasteiger partial charge on any atom is 0.338 e. The van der Waals surface area contributed by atoms with Crippen molar-refractivity contribution in [2.45, 2.75) is 58.1 Å². The standard InChI is InChI=1S/C19H22F2N2O2/c1-3-4-12-23-15-10-11-19(20,21)17(16(15)13(2)22-23)25-18(24)14-8-6-5-7-9-14/h5-9,17H,3-4,10-12H2,1-2H3/t17-/m0/s1. The topological polar surface area (TPSA) is 44.1 Å². The van der Waals surface area contributed by atoms with E-state index in [1.807, 2.05) is 0 Å². The molecular formula is C19H22F2N2O2. The summed E-state index contributed by atoms with van der Waals surface area (Å²) in [7, 11) is 0. The number of alkyl halides is 2. The highest BCUT2D eigenvalue weighted by Gasteiger charge is 2.49. The van der Waals surface area contributed by atoms with Gasteiger partial charge in [-0.1, -0.05) is 31.5 Å². The van der Waals surface area contributed by atoms with E-state index in [1.165, 1.54) is 0 Å². The van der Waals surface area contributed by atoms with Gasteiger partial charge < -0.3 is 4.74 Å². The number of carbonyl (C=O) groups is 1. The van der Waals surface area contributed by atoms with Crippen LogP contribution in [0.1, 0.15) is 59.6 Å². The van der Waals surface area contributed by atoms with Crippen LogP contribution in [0.3, 0.4) is 0 Å². The Kier molecular flexibility index (Phi) is 4.88. The number of hydrogen-bond donors (Lipinski definition) is 0. The Morgan fingerprint density at radius 1 is 1.36 bits per heavy atom. The first-order valence-corrected chi connectivity index (χ1v) is 8.64. The van der Waals surface area contributed by atoms with Crippen LogP contribution in [0.25, 0.3) is 0 Å². The molecule has 3 rings (SSSR count). The van der Waals surface area contributed by atoms with Gasteiger partial charge >= 0.3 is 5.97 Å². The number of nitrogens with zero attached hydrogens (tertiary/aromatic N) is 2. The summed E-state index contributed by atoms with van der Waals surface area (Å²) in [6, 6.07) is 8.22. The number of carbonyl (C=O) groups excluding carboxylic acids is 1. The minimum atomic E-state index is -3.10. The van der Waals surface area contributed by atoms with E-state index >= 15 is 0 Å². The van der Waals surface area contributed by atoms with E-state index in [0.29, 0.717) is 17.8 Å². The van der Waals surface area contributed by atoms with E-state index in [-0.39, 0.29) is 18.4 Å². The van der Waals surface area contributed by atoms with Gasteiger partial charge in [-0.15, -0.1) is 0 Å². The summed E-state index contributed by atoms with van der Waals surface area (Å²) < 4.78 is 36.2. The molecule has 0 saturated carbocycles. The Bertz CT molecular complexity index is 756. The number of esters is 1. The zero-order valence-corrected chi connectivity index (χ0v) is 14.5. The molecule has 0 radical (unpaired) electrons. The van der Waals surface area contributed by atoms with Gasteiger partial charge in [0.25, 0.3) is 5.92 Å². The van der Waals surface area contributed by atoms with Crippen molar-refractivity contribution < 1.29 is 18.3 Å². The quantitative estimate of drug-likeness (QED) is 0.749. The van der Waals surface area contributed by atoms with Crippen LogP contribution in [0.15, 0.2) is 30.3 Å². The molecule has 1 atom stereocenters. The predicted octanol–water partition coefficient (Wildman–Crippen LogP) is 4.47. The molecule has 1 aliphatic carbocycles. The zero-order valence-electron chi connectivity index (χ0n) is 14.5. The van der Waals surface area contributed by atoms with Crippen LogP contribution in [0.5, 0.6) is 0 Å². The molecule has 25 heavy (non-hydrogen) atoms. The second-order valence-electron chi connectivity index (χ2n) is 6.43. The number of unbranched alkanes of at least 4 members (excludes halogenated alkanes) is 1. The normalized spacial score (nSPS) is 18.6. The third-order valence-corrected chi connectivity index (χ3v) is 4.58. The Balaban J connectivity index is 1.93. The molecule has 0 amide bonds. The van der Waals surface area contributed by atoms with Gasteiger partial charge in [-0.3, -0.25) is 4.68 Å². The number of rotatable bonds is 5. The fourth-order valence-electron chi connectivity index (χ4n) is 3.26. The molecule has 0 saturated heterocycles. The number of aromatic nitrogens is 2. The van der Waals surface area contributed by atoms with Gasteiger partial charge in [0.2, 0.25) is 0 Å². The molecule has 0 unspecified atom stereocenters. The second-order valence-corrected chi connectivity index (χ2v) is 6.43. The molecule has 6 heteroatoms. The molecule has 1 aliphatic rings. The molecule has 1 aromatic carbocycles. The molecule has 1 aromatic heterocycles. The van der Waals surface area contributed by atoms with Gasteiger partial charge in [0, 0.05) is 24.2 Å². The van der Waals surface area contributed by atoms with E-state index in [4.69, 9.17) is 4.74 Å². The number of fused-ring (bicyclic) bond motifs is 1. The molecular weight excluding hydrogens is 326 g/mol. The van der Waals surface area contributed by atoms with Crippen molar-refractivity contribution in [3.8, 4) is 0 Å². The molecule has 0 aliphatic heterocycles. The third-order valence-electron chi connectivity index (χ3n) is 4.58. The largest absolute Gasteiger partial charge is 0.447 e. The van der Waals surface area contributed by atoms with E-state index < -0.39 is 18.0 Å². The van der Waals surface area contributed by atoms with E-state index in [0.717, 1.165) is 18.5 Å². The first kappa shape index (κ1) is 17.6. The fraction of sp³-hybridized carbons (Fsp3) is 0.474. The lowest BCUT2D eigenvalue weighted by Gasteiger charge is -2.31. The zero-order chi connectivity index (χ0) is 18.0. The van der Waals surface area contributed by atoms with Crippen LogP contribution in [-0.4, -0.2) is 21.7 Å². The van der Waals surface area contributed by atoms with Crippen LogP contribution >= 0.6 is 0 Å². The number of ether oxygens (including phenoxy) is 1. The smallest absolute Gasteiger partial charge is 0.338 e. The van der Waals surface area contributed by atoms with Gasteiger partial charge in [0.15, 0.2) is 6.10 Å². The van der Waals surface area contributed by atoms with Gasteiger partial charge in [-0.05, 0) is 31.9 Å². The Morgan fingerprint density at radius 2 is 2.08 bits per heavy atom. The molecule has 0 N–H and O–H groups in total. The summed E-state index contributed by atoms with van der Waals surface area (Å²) in [5, 5.41) is 4.42. The van der Waals surface area contributed by atoms with Crippen molar-refractivity contribution in [3.05, 3.63) is 52.8 Å². The van der Waals surface area contributed by atoms with Crippen LogP contribution in [-0.2, 0) is 17.7 Å². The van der Waals surface area contributed by atoms with Crippen molar-refractivity contribution in [1.29, 1.82) is 0 Å². The van der Waals surface area contributed by atoms with Crippen LogP contribution in [0.2, 0.25) is 0 Å². The maximum atomic E-state index is 14.6. The first-order valence-electron chi connectivity index (χ1n) is 8.64. The highest BCUT2D eigenvalue weighted by Crippen LogP contribution is 2.45. The lowest BCUT2D eigenvalue weighted by Crippen LogP contribution is -2.35. The summed E-state index contributed by atoms with van der Waals surface area (Å²) in [5.74, 6) is -3.83. The monoisotopic (exact) mass is 348 g/mol. The average molecular weight is 348 g/mol. The number of halogens is 2. The van der Waals surface area contributed by atoms with Crippen LogP contribution in [0, 0.1) is 6.92 Å². The lowest BCUT2D eigenvalue weighted by molar-refractivity contribution is -0.128. The summed E-state index contributed by atoms with van der Waals surface area (Å²) in [4.78, 5) is 12.3. The minimum absolute atomic E-state index is 0.242. The second kappa shape index (κ2) is 6.94. The minimum Gasteiger partial charge on any atom is -0.447 e. The SMILES string of the molecule is CCCCn1nc(C)c2c1CCC(F)(F)[C@H]2OC(=O)c1ccccc1. The van der Waals surface area contributed by atoms with Gasteiger partial charge in [0.05, 0.1) is 11.3 Å². The van der Waals surface area contributed by atoms with Gasteiger partial charge in [-0.2, -0.15) is 5.10 Å². The highest BCUT2D eigenvalue weighted by atomic mass is 19.3. The maximum absolute atomic E-state index is 14.6. The molecule has 0 bridgehead atoms. The van der Waals surface area contributed by atoms with Crippen LogP contribution < -0.4 is 0 Å². The lowest BCUT2D eigenvalue weighted by atomic mass is 9.89. The third kappa shape index (κ3) is 3.43. The van der Waals surface area contributed by atoms with E-state index in [9.17, 15) is 13.6 Å².